The highest BCUT2D eigenvalue weighted by Gasteiger charge is 2.10. The molecular weight excluding hydrogens is 364 g/mol. The summed E-state index contributed by atoms with van der Waals surface area (Å²) < 4.78 is 5.83. The summed E-state index contributed by atoms with van der Waals surface area (Å²) in [5.41, 5.74) is 1.58. The molecule has 4 nitrogen and oxygen atoms in total. The molecule has 2 N–H and O–H groups in total. The molecule has 0 radical (unpaired) electrons. The van der Waals surface area contributed by atoms with Crippen LogP contribution in [0.2, 0.25) is 0 Å². The lowest BCUT2D eigenvalue weighted by Gasteiger charge is -2.10. The van der Waals surface area contributed by atoms with E-state index in [-0.39, 0.29) is 11.0 Å². The molecule has 2 aromatic carbocycles. The molecule has 0 aliphatic carbocycles. The number of halogens is 1. The molecule has 0 spiro atoms. The Morgan fingerprint density at radius 1 is 1.18 bits per heavy atom. The summed E-state index contributed by atoms with van der Waals surface area (Å²) >= 11 is 8.48. The van der Waals surface area contributed by atoms with E-state index in [1.807, 2.05) is 36.4 Å². The number of rotatable bonds is 4. The molecule has 2 rings (SSSR count). The van der Waals surface area contributed by atoms with Gasteiger partial charge in [0.2, 0.25) is 0 Å². The van der Waals surface area contributed by atoms with Crippen LogP contribution < -0.4 is 15.4 Å². The smallest absolute Gasteiger partial charge is 0.258 e. The monoisotopic (exact) mass is 378 g/mol. The zero-order valence-corrected chi connectivity index (χ0v) is 14.3. The first-order chi connectivity index (χ1) is 10.6. The Balaban J connectivity index is 1.87. The van der Waals surface area contributed by atoms with Gasteiger partial charge in [-0.05, 0) is 58.0 Å². The number of carbonyl (C=O) groups is 1. The molecule has 0 atom stereocenters. The van der Waals surface area contributed by atoms with E-state index >= 15 is 0 Å². The molecule has 0 fully saturated rings. The van der Waals surface area contributed by atoms with Gasteiger partial charge in [0.1, 0.15) is 5.75 Å². The summed E-state index contributed by atoms with van der Waals surface area (Å²) in [5.74, 6) is 0.549. The van der Waals surface area contributed by atoms with E-state index < -0.39 is 0 Å². The summed E-state index contributed by atoms with van der Waals surface area (Å²) in [5, 5.41) is 5.94. The van der Waals surface area contributed by atoms with Crippen LogP contribution in [0.1, 0.15) is 15.9 Å². The summed E-state index contributed by atoms with van der Waals surface area (Å²) in [6.07, 6.45) is 0. The lowest BCUT2D eigenvalue weighted by Crippen LogP contribution is -2.38. The van der Waals surface area contributed by atoms with Gasteiger partial charge in [0.15, 0.2) is 5.11 Å². The molecule has 0 saturated heterocycles. The van der Waals surface area contributed by atoms with Gasteiger partial charge in [0, 0.05) is 11.0 Å². The van der Waals surface area contributed by atoms with Crippen LogP contribution in [0.3, 0.4) is 0 Å². The molecule has 0 aromatic heterocycles. The average Bonchev–Trinajstić information content (AvgIpc) is 2.53. The van der Waals surface area contributed by atoms with Crippen molar-refractivity contribution in [3.8, 4) is 5.75 Å². The highest BCUT2D eigenvalue weighted by atomic mass is 79.9. The Hall–Kier alpha value is -1.92. The largest absolute Gasteiger partial charge is 0.497 e. The van der Waals surface area contributed by atoms with E-state index in [0.717, 1.165) is 15.8 Å². The van der Waals surface area contributed by atoms with Crippen LogP contribution in [-0.4, -0.2) is 18.1 Å². The van der Waals surface area contributed by atoms with Crippen molar-refractivity contribution in [1.29, 1.82) is 0 Å². The van der Waals surface area contributed by atoms with Crippen molar-refractivity contribution >= 4 is 39.2 Å². The minimum Gasteiger partial charge on any atom is -0.497 e. The Labute approximate surface area is 143 Å². The third-order valence-corrected chi connectivity index (χ3v) is 3.90. The van der Waals surface area contributed by atoms with Crippen molar-refractivity contribution in [1.82, 2.24) is 10.6 Å². The fraction of sp³-hybridized carbons (Fsp3) is 0.125. The van der Waals surface area contributed by atoms with Gasteiger partial charge in [-0.3, -0.25) is 10.1 Å². The van der Waals surface area contributed by atoms with E-state index in [2.05, 4.69) is 26.6 Å². The van der Waals surface area contributed by atoms with Crippen LogP contribution in [0.5, 0.6) is 5.75 Å². The van der Waals surface area contributed by atoms with Crippen LogP contribution >= 0.6 is 28.1 Å². The molecule has 0 aliphatic rings. The summed E-state index contributed by atoms with van der Waals surface area (Å²) in [6, 6.07) is 14.8. The van der Waals surface area contributed by atoms with E-state index in [9.17, 15) is 4.79 Å². The molecule has 1 amide bonds. The molecule has 0 saturated carbocycles. The van der Waals surface area contributed by atoms with Crippen molar-refractivity contribution in [2.24, 2.45) is 0 Å². The topological polar surface area (TPSA) is 50.4 Å². The maximum absolute atomic E-state index is 12.1. The normalized spacial score (nSPS) is 9.91. The molecule has 114 valence electrons. The van der Waals surface area contributed by atoms with Crippen LogP contribution in [0, 0.1) is 0 Å². The number of hydrogen-bond acceptors (Lipinski definition) is 3. The summed E-state index contributed by atoms with van der Waals surface area (Å²) in [7, 11) is 1.62. The zero-order valence-electron chi connectivity index (χ0n) is 11.9. The van der Waals surface area contributed by atoms with Crippen LogP contribution in [0.15, 0.2) is 53.0 Å². The fourth-order valence-electron chi connectivity index (χ4n) is 1.79. The number of hydrogen-bond donors (Lipinski definition) is 2. The zero-order chi connectivity index (χ0) is 15.9. The van der Waals surface area contributed by atoms with Crippen LogP contribution in [0.25, 0.3) is 0 Å². The number of ether oxygens (including phenoxy) is 1. The Morgan fingerprint density at radius 2 is 1.86 bits per heavy atom. The Morgan fingerprint density at radius 3 is 2.50 bits per heavy atom. The Bertz CT molecular complexity index is 674. The van der Waals surface area contributed by atoms with E-state index in [1.54, 1.807) is 19.2 Å². The fourth-order valence-corrected chi connectivity index (χ4v) is 2.42. The second-order valence-corrected chi connectivity index (χ2v) is 5.73. The van der Waals surface area contributed by atoms with E-state index in [4.69, 9.17) is 17.0 Å². The highest BCUT2D eigenvalue weighted by molar-refractivity contribution is 9.10. The van der Waals surface area contributed by atoms with E-state index in [0.29, 0.717) is 12.1 Å². The number of methoxy groups -OCH3 is 1. The summed E-state index contributed by atoms with van der Waals surface area (Å²) in [4.78, 5) is 12.1. The van der Waals surface area contributed by atoms with Crippen molar-refractivity contribution in [3.05, 3.63) is 64.1 Å². The van der Waals surface area contributed by atoms with Gasteiger partial charge in [-0.2, -0.15) is 0 Å². The van der Waals surface area contributed by atoms with Gasteiger partial charge in [0.05, 0.1) is 12.7 Å². The third-order valence-electron chi connectivity index (χ3n) is 2.96. The van der Waals surface area contributed by atoms with Crippen molar-refractivity contribution in [3.63, 3.8) is 0 Å². The van der Waals surface area contributed by atoms with Crippen molar-refractivity contribution < 1.29 is 9.53 Å². The average molecular weight is 379 g/mol. The lowest BCUT2D eigenvalue weighted by atomic mass is 10.2. The van der Waals surface area contributed by atoms with Gasteiger partial charge in [-0.1, -0.05) is 24.3 Å². The number of carbonyl (C=O) groups excluding carboxylic acids is 1. The van der Waals surface area contributed by atoms with Gasteiger partial charge in [-0.25, -0.2) is 0 Å². The minimum absolute atomic E-state index is 0.250. The molecule has 2 aromatic rings. The first kappa shape index (κ1) is 16.5. The van der Waals surface area contributed by atoms with Crippen molar-refractivity contribution in [2.45, 2.75) is 6.54 Å². The number of benzene rings is 2. The molecule has 6 heteroatoms. The maximum Gasteiger partial charge on any atom is 0.258 e. The molecular formula is C16H15BrN2O2S. The first-order valence-corrected chi connectivity index (χ1v) is 7.77. The number of nitrogens with one attached hydrogen (secondary N) is 2. The summed E-state index contributed by atoms with van der Waals surface area (Å²) in [6.45, 7) is 0.527. The second-order valence-electron chi connectivity index (χ2n) is 4.46. The van der Waals surface area contributed by atoms with Crippen LogP contribution in [-0.2, 0) is 6.54 Å². The SMILES string of the molecule is COc1ccc(CNC(=S)NC(=O)c2ccccc2Br)cc1. The quantitative estimate of drug-likeness (QED) is 0.801. The van der Waals surface area contributed by atoms with Gasteiger partial charge in [-0.15, -0.1) is 0 Å². The predicted octanol–water partition coefficient (Wildman–Crippen LogP) is 3.26. The van der Waals surface area contributed by atoms with E-state index in [1.165, 1.54) is 0 Å². The van der Waals surface area contributed by atoms with Crippen molar-refractivity contribution in [2.75, 3.05) is 7.11 Å². The van der Waals surface area contributed by atoms with Gasteiger partial charge < -0.3 is 10.1 Å². The molecule has 22 heavy (non-hydrogen) atoms. The third kappa shape index (κ3) is 4.54. The lowest BCUT2D eigenvalue weighted by molar-refractivity contribution is 0.0976. The molecule has 0 aliphatic heterocycles. The maximum atomic E-state index is 12.1. The van der Waals surface area contributed by atoms with Gasteiger partial charge >= 0.3 is 0 Å². The first-order valence-electron chi connectivity index (χ1n) is 6.57. The molecule has 0 bridgehead atoms. The number of thiocarbonyl (C=S) groups is 1. The standard InChI is InChI=1S/C16H15BrN2O2S/c1-21-12-8-6-11(7-9-12)10-18-16(22)19-15(20)13-4-2-3-5-14(13)17/h2-9H,10H2,1H3,(H2,18,19,20,22). The minimum atomic E-state index is -0.250. The molecule has 0 unspecified atom stereocenters. The Kier molecular flexibility index (Phi) is 5.91. The molecule has 0 heterocycles. The number of amides is 1. The predicted molar refractivity (Wildman–Crippen MR) is 94.0 cm³/mol. The highest BCUT2D eigenvalue weighted by Crippen LogP contribution is 2.15. The van der Waals surface area contributed by atoms with Crippen LogP contribution in [0.4, 0.5) is 0 Å². The van der Waals surface area contributed by atoms with Gasteiger partial charge in [0.25, 0.3) is 5.91 Å². The second kappa shape index (κ2) is 7.91.